The number of hydrogen-bond acceptors (Lipinski definition) is 5. The molecule has 0 radical (unpaired) electrons. The van der Waals surface area contributed by atoms with Gasteiger partial charge in [0, 0.05) is 17.6 Å². The van der Waals surface area contributed by atoms with Crippen LogP contribution in [0.1, 0.15) is 57.1 Å². The van der Waals surface area contributed by atoms with E-state index in [9.17, 15) is 18.0 Å². The van der Waals surface area contributed by atoms with Crippen molar-refractivity contribution in [1.29, 1.82) is 0 Å². The summed E-state index contributed by atoms with van der Waals surface area (Å²) < 4.78 is 34.7. The number of ether oxygens (including phenoxy) is 1. The van der Waals surface area contributed by atoms with Crippen LogP contribution in [0.4, 0.5) is 5.69 Å². The van der Waals surface area contributed by atoms with Crippen LogP contribution in [0.2, 0.25) is 5.02 Å². The molecule has 43 heavy (non-hydrogen) atoms. The Kier molecular flexibility index (Phi) is 11.1. The van der Waals surface area contributed by atoms with Crippen molar-refractivity contribution < 1.29 is 22.7 Å². The fourth-order valence-electron chi connectivity index (χ4n) is 5.32. The van der Waals surface area contributed by atoms with Crippen LogP contribution in [0, 0.1) is 6.92 Å². The van der Waals surface area contributed by atoms with Gasteiger partial charge in [0.2, 0.25) is 11.8 Å². The lowest BCUT2D eigenvalue weighted by atomic mass is 10.1. The number of nitrogens with one attached hydrogen (secondary N) is 1. The molecule has 0 unspecified atom stereocenters. The molecule has 3 aromatic rings. The predicted octanol–water partition coefficient (Wildman–Crippen LogP) is 6.11. The van der Waals surface area contributed by atoms with E-state index in [1.54, 1.807) is 60.7 Å². The molecule has 4 rings (SSSR count). The van der Waals surface area contributed by atoms with Crippen LogP contribution in [-0.2, 0) is 26.2 Å². The first-order chi connectivity index (χ1) is 20.6. The molecule has 2 amide bonds. The maximum atomic E-state index is 14.2. The maximum absolute atomic E-state index is 14.2. The first kappa shape index (κ1) is 32.4. The van der Waals surface area contributed by atoms with E-state index < -0.39 is 28.5 Å². The van der Waals surface area contributed by atoms with E-state index in [1.807, 2.05) is 20.8 Å². The van der Waals surface area contributed by atoms with Crippen molar-refractivity contribution in [2.75, 3.05) is 17.5 Å². The molecule has 1 aliphatic carbocycles. The van der Waals surface area contributed by atoms with Gasteiger partial charge < -0.3 is 15.0 Å². The molecule has 0 spiro atoms. The number of aryl methyl sites for hydroxylation is 1. The summed E-state index contributed by atoms with van der Waals surface area (Å²) in [5, 5.41) is 3.68. The number of halogens is 1. The number of sulfonamides is 1. The van der Waals surface area contributed by atoms with Crippen molar-refractivity contribution in [2.45, 2.75) is 76.4 Å². The summed E-state index contributed by atoms with van der Waals surface area (Å²) in [6.07, 6.45) is 4.30. The van der Waals surface area contributed by atoms with Crippen LogP contribution in [-0.4, -0.2) is 50.4 Å². The second-order valence-electron chi connectivity index (χ2n) is 10.8. The van der Waals surface area contributed by atoms with Crippen molar-refractivity contribution in [3.63, 3.8) is 0 Å². The minimum Gasteiger partial charge on any atom is -0.494 e. The van der Waals surface area contributed by atoms with E-state index in [4.69, 9.17) is 16.3 Å². The molecule has 0 saturated heterocycles. The zero-order chi connectivity index (χ0) is 31.0. The fourth-order valence-corrected chi connectivity index (χ4v) is 6.86. The minimum absolute atomic E-state index is 0.0649. The second kappa shape index (κ2) is 14.8. The van der Waals surface area contributed by atoms with Crippen molar-refractivity contribution in [3.05, 3.63) is 88.9 Å². The molecule has 230 valence electrons. The number of benzene rings is 3. The van der Waals surface area contributed by atoms with Gasteiger partial charge in [0.05, 0.1) is 17.2 Å². The van der Waals surface area contributed by atoms with E-state index in [0.717, 1.165) is 41.1 Å². The van der Waals surface area contributed by atoms with Gasteiger partial charge in [-0.25, -0.2) is 8.42 Å². The van der Waals surface area contributed by atoms with E-state index in [1.165, 1.54) is 17.0 Å². The quantitative estimate of drug-likeness (QED) is 0.247. The zero-order valence-electron chi connectivity index (χ0n) is 25.0. The van der Waals surface area contributed by atoms with Crippen LogP contribution < -0.4 is 14.4 Å². The first-order valence-electron chi connectivity index (χ1n) is 14.8. The van der Waals surface area contributed by atoms with Crippen molar-refractivity contribution >= 4 is 39.1 Å². The molecule has 8 nitrogen and oxygen atoms in total. The summed E-state index contributed by atoms with van der Waals surface area (Å²) >= 11 is 6.10. The number of carbonyl (C=O) groups excluding carboxylic acids is 2. The molecule has 0 heterocycles. The molecule has 0 aromatic heterocycles. The fraction of sp³-hybridized carbons (Fsp3) is 0.394. The highest BCUT2D eigenvalue weighted by Gasteiger charge is 2.34. The number of carbonyl (C=O) groups is 2. The molecule has 0 bridgehead atoms. The third-order valence-electron chi connectivity index (χ3n) is 7.68. The average Bonchev–Trinajstić information content (AvgIpc) is 3.50. The molecule has 1 saturated carbocycles. The normalized spacial score (nSPS) is 14.2. The van der Waals surface area contributed by atoms with Crippen LogP contribution in [0.5, 0.6) is 5.75 Å². The summed E-state index contributed by atoms with van der Waals surface area (Å²) in [6, 6.07) is 19.5. The van der Waals surface area contributed by atoms with Gasteiger partial charge in [-0.1, -0.05) is 61.2 Å². The van der Waals surface area contributed by atoms with Gasteiger partial charge in [-0.2, -0.15) is 0 Å². The maximum Gasteiger partial charge on any atom is 0.264 e. The van der Waals surface area contributed by atoms with Crippen LogP contribution in [0.3, 0.4) is 0 Å². The molecule has 3 aromatic carbocycles. The first-order valence-corrected chi connectivity index (χ1v) is 16.6. The SMILES string of the molecule is CCOc1ccc(N(CC(=O)N(Cc2ccc(Cl)cc2)[C@H](CC)C(=O)NC2CCCC2)S(=O)(=O)c2ccc(C)cc2)cc1. The lowest BCUT2D eigenvalue weighted by molar-refractivity contribution is -0.140. The lowest BCUT2D eigenvalue weighted by Gasteiger charge is -2.33. The van der Waals surface area contributed by atoms with Gasteiger partial charge in [-0.3, -0.25) is 13.9 Å². The lowest BCUT2D eigenvalue weighted by Crippen LogP contribution is -2.53. The summed E-state index contributed by atoms with van der Waals surface area (Å²) in [7, 11) is -4.15. The Bertz CT molecular complexity index is 1470. The van der Waals surface area contributed by atoms with Crippen molar-refractivity contribution in [3.8, 4) is 5.75 Å². The Morgan fingerprint density at radius 2 is 1.58 bits per heavy atom. The van der Waals surface area contributed by atoms with E-state index in [2.05, 4.69) is 5.32 Å². The van der Waals surface area contributed by atoms with E-state index >= 15 is 0 Å². The Balaban J connectivity index is 1.71. The monoisotopic (exact) mass is 625 g/mol. The smallest absolute Gasteiger partial charge is 0.264 e. The highest BCUT2D eigenvalue weighted by Crippen LogP contribution is 2.27. The molecule has 0 aliphatic heterocycles. The molecule has 10 heteroatoms. The average molecular weight is 626 g/mol. The number of anilines is 1. The number of nitrogens with zero attached hydrogens (tertiary/aromatic N) is 2. The Morgan fingerprint density at radius 1 is 0.953 bits per heavy atom. The standard InChI is InChI=1S/C33H40ClN3O5S/c1-4-31(33(39)35-27-8-6-7-9-27)36(22-25-12-14-26(34)15-13-25)32(38)23-37(28-16-18-29(19-17-28)42-5-2)43(40,41)30-20-10-24(3)11-21-30/h10-21,27,31H,4-9,22-23H2,1-3H3,(H,35,39)/t31-/m1/s1. The Labute approximate surface area is 260 Å². The van der Waals surface area contributed by atoms with Gasteiger partial charge in [-0.05, 0) is 87.2 Å². The van der Waals surface area contributed by atoms with Gasteiger partial charge >= 0.3 is 0 Å². The van der Waals surface area contributed by atoms with Crippen LogP contribution in [0.15, 0.2) is 77.7 Å². The van der Waals surface area contributed by atoms with Crippen LogP contribution >= 0.6 is 11.6 Å². The topological polar surface area (TPSA) is 96.0 Å². The van der Waals surface area contributed by atoms with Crippen LogP contribution in [0.25, 0.3) is 0 Å². The Hall–Kier alpha value is -3.56. The highest BCUT2D eigenvalue weighted by atomic mass is 35.5. The molecule has 1 fully saturated rings. The summed E-state index contributed by atoms with van der Waals surface area (Å²) in [4.78, 5) is 29.3. The number of amides is 2. The summed E-state index contributed by atoms with van der Waals surface area (Å²) in [6.45, 7) is 5.68. The molecule has 1 atom stereocenters. The van der Waals surface area contributed by atoms with E-state index in [-0.39, 0.29) is 23.4 Å². The molecule has 1 N–H and O–H groups in total. The van der Waals surface area contributed by atoms with Gasteiger partial charge in [0.1, 0.15) is 18.3 Å². The molecule has 1 aliphatic rings. The zero-order valence-corrected chi connectivity index (χ0v) is 26.5. The molecular weight excluding hydrogens is 586 g/mol. The highest BCUT2D eigenvalue weighted by molar-refractivity contribution is 7.92. The summed E-state index contributed by atoms with van der Waals surface area (Å²) in [5.41, 5.74) is 2.00. The number of rotatable bonds is 13. The second-order valence-corrected chi connectivity index (χ2v) is 13.1. The van der Waals surface area contributed by atoms with Crippen molar-refractivity contribution in [1.82, 2.24) is 10.2 Å². The molecular formula is C33H40ClN3O5S. The predicted molar refractivity (Wildman–Crippen MR) is 170 cm³/mol. The van der Waals surface area contributed by atoms with Crippen molar-refractivity contribution in [2.24, 2.45) is 0 Å². The largest absolute Gasteiger partial charge is 0.494 e. The van der Waals surface area contributed by atoms with Gasteiger partial charge in [-0.15, -0.1) is 0 Å². The van der Waals surface area contributed by atoms with Gasteiger partial charge in [0.15, 0.2) is 0 Å². The third kappa shape index (κ3) is 8.30. The van der Waals surface area contributed by atoms with Gasteiger partial charge in [0.25, 0.3) is 10.0 Å². The third-order valence-corrected chi connectivity index (χ3v) is 9.72. The number of hydrogen-bond donors (Lipinski definition) is 1. The Morgan fingerprint density at radius 3 is 2.16 bits per heavy atom. The summed E-state index contributed by atoms with van der Waals surface area (Å²) in [5.74, 6) is -0.136. The van der Waals surface area contributed by atoms with E-state index in [0.29, 0.717) is 29.5 Å². The minimum atomic E-state index is -4.15.